The van der Waals surface area contributed by atoms with Crippen molar-refractivity contribution in [1.29, 1.82) is 0 Å². The van der Waals surface area contributed by atoms with Gasteiger partial charge >= 0.3 is 0 Å². The molecule has 2 aliphatic rings. The number of nitrogens with zero attached hydrogens (tertiary/aromatic N) is 5. The van der Waals surface area contributed by atoms with Crippen LogP contribution in [0, 0.1) is 0 Å². The lowest BCUT2D eigenvalue weighted by atomic mass is 9.90. The number of ether oxygens (including phenoxy) is 2. The predicted molar refractivity (Wildman–Crippen MR) is 161 cm³/mol. The molecule has 5 aromatic rings. The lowest BCUT2D eigenvalue weighted by molar-refractivity contribution is -0.0396. The largest absolute Gasteiger partial charge is 0.378 e. The molecule has 0 atom stereocenters. The number of fused-ring (bicyclic) bond motifs is 5. The maximum atomic E-state index is 6.32. The summed E-state index contributed by atoms with van der Waals surface area (Å²) in [6.45, 7) is 9.52. The number of aromatic nitrogens is 3. The third-order valence-electron chi connectivity index (χ3n) is 7.83. The zero-order valence-electron chi connectivity index (χ0n) is 23.0. The molecule has 204 valence electrons. The highest BCUT2D eigenvalue weighted by Crippen LogP contribution is 2.45. The van der Waals surface area contributed by atoms with Crippen LogP contribution in [0.25, 0.3) is 20.4 Å². The first-order valence-corrected chi connectivity index (χ1v) is 14.8. The number of hydrogen-bond donors (Lipinski definition) is 0. The summed E-state index contributed by atoms with van der Waals surface area (Å²) in [6, 6.07) is 21.2. The van der Waals surface area contributed by atoms with Crippen molar-refractivity contribution in [3.8, 4) is 0 Å². The van der Waals surface area contributed by atoms with Gasteiger partial charge in [0.2, 0.25) is 0 Å². The fourth-order valence-corrected chi connectivity index (χ4v) is 7.02. The van der Waals surface area contributed by atoms with Crippen LogP contribution in [0.15, 0.2) is 67.0 Å². The molecule has 5 heterocycles. The Balaban J connectivity index is 1.41. The molecule has 1 fully saturated rings. The zero-order chi connectivity index (χ0) is 27.1. The van der Waals surface area contributed by atoms with Crippen molar-refractivity contribution in [3.05, 3.63) is 89.2 Å². The highest BCUT2D eigenvalue weighted by atomic mass is 32.1. The first-order chi connectivity index (χ1) is 19.6. The van der Waals surface area contributed by atoms with Crippen molar-refractivity contribution in [3.63, 3.8) is 0 Å². The van der Waals surface area contributed by atoms with E-state index in [-0.39, 0.29) is 5.60 Å². The van der Waals surface area contributed by atoms with Gasteiger partial charge in [0, 0.05) is 43.5 Å². The highest BCUT2D eigenvalue weighted by Gasteiger charge is 2.33. The Labute approximate surface area is 238 Å². The number of thiophene rings is 1. The molecule has 0 aliphatic carbocycles. The number of pyridine rings is 1. The minimum absolute atomic E-state index is 0.250. The molecule has 0 saturated carbocycles. The van der Waals surface area contributed by atoms with E-state index in [9.17, 15) is 0 Å². The van der Waals surface area contributed by atoms with Crippen LogP contribution in [-0.2, 0) is 35.6 Å². The van der Waals surface area contributed by atoms with E-state index in [0.717, 1.165) is 77.9 Å². The summed E-state index contributed by atoms with van der Waals surface area (Å²) >= 11 is 1.71. The smallest absolute Gasteiger partial charge is 0.150 e. The fourth-order valence-electron chi connectivity index (χ4n) is 5.85. The first-order valence-electron chi connectivity index (χ1n) is 13.9. The van der Waals surface area contributed by atoms with Crippen LogP contribution in [0.4, 0.5) is 11.6 Å². The molecule has 0 unspecified atom stereocenters. The molecule has 0 N–H and O–H groups in total. The van der Waals surface area contributed by atoms with Gasteiger partial charge < -0.3 is 19.3 Å². The number of hydrogen-bond acceptors (Lipinski definition) is 8. The van der Waals surface area contributed by atoms with Gasteiger partial charge in [-0.05, 0) is 30.5 Å². The van der Waals surface area contributed by atoms with Crippen molar-refractivity contribution < 1.29 is 9.47 Å². The van der Waals surface area contributed by atoms with Gasteiger partial charge in [-0.3, -0.25) is 0 Å². The van der Waals surface area contributed by atoms with E-state index in [1.165, 1.54) is 22.3 Å². The minimum atomic E-state index is -0.250. The molecule has 0 radical (unpaired) electrons. The molecule has 7 rings (SSSR count). The second-order valence-corrected chi connectivity index (χ2v) is 12.2. The van der Waals surface area contributed by atoms with Crippen molar-refractivity contribution in [2.45, 2.75) is 45.6 Å². The molecule has 0 spiro atoms. The Morgan fingerprint density at radius 3 is 2.25 bits per heavy atom. The summed E-state index contributed by atoms with van der Waals surface area (Å²) in [6.07, 6.45) is 2.54. The second-order valence-electron chi connectivity index (χ2n) is 11.2. The lowest BCUT2D eigenvalue weighted by Gasteiger charge is -2.36. The van der Waals surface area contributed by atoms with Gasteiger partial charge in [0.1, 0.15) is 17.0 Å². The molecule has 0 bridgehead atoms. The van der Waals surface area contributed by atoms with Gasteiger partial charge in [-0.15, -0.1) is 11.3 Å². The normalized spacial score (nSPS) is 16.8. The lowest BCUT2D eigenvalue weighted by Crippen LogP contribution is -2.39. The molecular formula is C32H33N5O2S. The van der Waals surface area contributed by atoms with Crippen molar-refractivity contribution >= 4 is 43.4 Å². The van der Waals surface area contributed by atoms with E-state index in [2.05, 4.69) is 84.3 Å². The van der Waals surface area contributed by atoms with Gasteiger partial charge in [-0.2, -0.15) is 0 Å². The molecule has 2 aromatic carbocycles. The maximum Gasteiger partial charge on any atom is 0.150 e. The topological polar surface area (TPSA) is 63.6 Å². The summed E-state index contributed by atoms with van der Waals surface area (Å²) in [5.41, 5.74) is 5.74. The molecular weight excluding hydrogens is 518 g/mol. The monoisotopic (exact) mass is 551 g/mol. The van der Waals surface area contributed by atoms with Gasteiger partial charge in [0.25, 0.3) is 0 Å². The molecule has 0 amide bonds. The summed E-state index contributed by atoms with van der Waals surface area (Å²) in [5, 5.41) is 1.16. The van der Waals surface area contributed by atoms with Gasteiger partial charge in [0.15, 0.2) is 5.82 Å². The summed E-state index contributed by atoms with van der Waals surface area (Å²) in [4.78, 5) is 20.8. The molecule has 7 nitrogen and oxygen atoms in total. The Morgan fingerprint density at radius 1 is 0.900 bits per heavy atom. The van der Waals surface area contributed by atoms with E-state index < -0.39 is 0 Å². The first kappa shape index (κ1) is 25.4. The van der Waals surface area contributed by atoms with Crippen LogP contribution in [0.3, 0.4) is 0 Å². The Bertz CT molecular complexity index is 1610. The number of anilines is 2. The van der Waals surface area contributed by atoms with Crippen LogP contribution >= 0.6 is 11.3 Å². The van der Waals surface area contributed by atoms with E-state index in [0.29, 0.717) is 6.61 Å². The van der Waals surface area contributed by atoms with Gasteiger partial charge in [-0.25, -0.2) is 15.0 Å². The van der Waals surface area contributed by atoms with Gasteiger partial charge in [-0.1, -0.05) is 60.7 Å². The second kappa shape index (κ2) is 10.4. The molecule has 1 saturated heterocycles. The maximum absolute atomic E-state index is 6.32. The van der Waals surface area contributed by atoms with Crippen LogP contribution in [-0.4, -0.2) is 46.9 Å². The number of morpholine rings is 1. The molecule has 3 aromatic heterocycles. The summed E-state index contributed by atoms with van der Waals surface area (Å²) in [5.74, 6) is 1.99. The zero-order valence-corrected chi connectivity index (χ0v) is 23.8. The summed E-state index contributed by atoms with van der Waals surface area (Å²) in [7, 11) is 0. The van der Waals surface area contributed by atoms with E-state index in [1.807, 2.05) is 0 Å². The Kier molecular flexibility index (Phi) is 6.62. The van der Waals surface area contributed by atoms with Crippen LogP contribution in [0.2, 0.25) is 0 Å². The number of benzene rings is 2. The van der Waals surface area contributed by atoms with Crippen molar-refractivity contribution in [1.82, 2.24) is 15.0 Å². The number of rotatable bonds is 6. The highest BCUT2D eigenvalue weighted by molar-refractivity contribution is 7.26. The molecule has 8 heteroatoms. The Hall–Kier alpha value is -3.59. The fraction of sp³-hybridized carbons (Fsp3) is 0.344. The molecule has 40 heavy (non-hydrogen) atoms. The SMILES string of the molecule is CC1(C)Cc2c(c(N3CCOCC3)nc3sc4c(N(Cc5ccccc5)Cc5ccccc5)ncnc4c23)CO1. The quantitative estimate of drug-likeness (QED) is 0.251. The predicted octanol–water partition coefficient (Wildman–Crippen LogP) is 6.13. The molecule has 2 aliphatic heterocycles. The average Bonchev–Trinajstić information content (AvgIpc) is 3.36. The van der Waals surface area contributed by atoms with Crippen molar-refractivity contribution in [2.24, 2.45) is 0 Å². The van der Waals surface area contributed by atoms with E-state index in [1.54, 1.807) is 17.7 Å². The third-order valence-corrected chi connectivity index (χ3v) is 8.90. The van der Waals surface area contributed by atoms with Crippen molar-refractivity contribution in [2.75, 3.05) is 36.1 Å². The van der Waals surface area contributed by atoms with Crippen LogP contribution < -0.4 is 9.80 Å². The van der Waals surface area contributed by atoms with Crippen LogP contribution in [0.5, 0.6) is 0 Å². The average molecular weight is 552 g/mol. The van der Waals surface area contributed by atoms with E-state index in [4.69, 9.17) is 24.4 Å². The summed E-state index contributed by atoms with van der Waals surface area (Å²) < 4.78 is 13.1. The van der Waals surface area contributed by atoms with Crippen LogP contribution in [0.1, 0.15) is 36.1 Å². The van der Waals surface area contributed by atoms with Gasteiger partial charge in [0.05, 0.1) is 35.6 Å². The minimum Gasteiger partial charge on any atom is -0.378 e. The van der Waals surface area contributed by atoms with E-state index >= 15 is 0 Å². The standard InChI is InChI=1S/C32H33N5O2S/c1-32(2)17-24-25(20-39-32)29(36-13-15-38-16-14-36)35-31-26(24)27-28(40-31)30(34-21-33-27)37(18-22-9-5-3-6-10-22)19-23-11-7-4-8-12-23/h3-12,21H,13-20H2,1-2H3. The third kappa shape index (κ3) is 4.80. The Morgan fingerprint density at radius 2 is 1.57 bits per heavy atom.